The first-order valence-electron chi connectivity index (χ1n) is 8.97. The van der Waals surface area contributed by atoms with E-state index in [9.17, 15) is 32.9 Å². The molecule has 1 saturated heterocycles. The Hall–Kier alpha value is -3.39. The van der Waals surface area contributed by atoms with Crippen LogP contribution in [0.4, 0.5) is 18.9 Å². The van der Waals surface area contributed by atoms with Crippen LogP contribution in [0.3, 0.4) is 0 Å². The van der Waals surface area contributed by atoms with Gasteiger partial charge in [0, 0.05) is 16.5 Å². The fraction of sp³-hybridized carbons (Fsp3) is 0.158. The van der Waals surface area contributed by atoms with Crippen LogP contribution in [0.1, 0.15) is 17.5 Å². The van der Waals surface area contributed by atoms with E-state index in [1.165, 1.54) is 36.5 Å². The quantitative estimate of drug-likeness (QED) is 0.333. The van der Waals surface area contributed by atoms with E-state index in [2.05, 4.69) is 15.5 Å². The third-order valence-electron chi connectivity index (χ3n) is 4.06. The minimum Gasteiger partial charge on any atom is -0.481 e. The zero-order valence-electron chi connectivity index (χ0n) is 16.3. The molecular weight excluding hydrogens is 485 g/mol. The molecule has 0 aliphatic carbocycles. The Balaban J connectivity index is 1.76. The van der Waals surface area contributed by atoms with Gasteiger partial charge in [0.15, 0.2) is 5.17 Å². The highest BCUT2D eigenvalue weighted by molar-refractivity contribution is 8.15. The third kappa shape index (κ3) is 6.55. The number of thioether (sulfide) groups is 1. The number of nitrogens with one attached hydrogen (secondary N) is 1. The molecule has 1 amide bonds. The van der Waals surface area contributed by atoms with E-state index < -0.39 is 33.8 Å². The van der Waals surface area contributed by atoms with Crippen molar-refractivity contribution < 1.29 is 32.8 Å². The number of nitrogens with zero attached hydrogens (tertiary/aromatic N) is 3. The van der Waals surface area contributed by atoms with E-state index in [0.29, 0.717) is 0 Å². The van der Waals surface area contributed by atoms with Crippen LogP contribution in [0.15, 0.2) is 62.5 Å². The minimum atomic E-state index is -4.53. The number of rotatable bonds is 7. The predicted octanol–water partition coefficient (Wildman–Crippen LogP) is 4.16. The number of carbonyl (C=O) groups is 2. The lowest BCUT2D eigenvalue weighted by Crippen LogP contribution is -2.26. The van der Waals surface area contributed by atoms with Crippen LogP contribution in [0.25, 0.3) is 0 Å². The largest absolute Gasteiger partial charge is 0.481 e. The van der Waals surface area contributed by atoms with Gasteiger partial charge in [-0.1, -0.05) is 35.7 Å². The summed E-state index contributed by atoms with van der Waals surface area (Å²) in [5.41, 5.74) is -0.907. The van der Waals surface area contributed by atoms with Crippen molar-refractivity contribution >= 4 is 52.5 Å². The molecule has 9 nitrogen and oxygen atoms in total. The van der Waals surface area contributed by atoms with Crippen LogP contribution in [0, 0.1) is 10.1 Å². The summed E-state index contributed by atoms with van der Waals surface area (Å²) in [6, 6.07) is 8.50. The predicted molar refractivity (Wildman–Crippen MR) is 115 cm³/mol. The Bertz CT molecular complexity index is 1170. The van der Waals surface area contributed by atoms with Crippen molar-refractivity contribution in [1.29, 1.82) is 0 Å². The number of hydrogen-bond acceptors (Lipinski definition) is 8. The van der Waals surface area contributed by atoms with Gasteiger partial charge in [0.25, 0.3) is 5.69 Å². The van der Waals surface area contributed by atoms with E-state index in [-0.39, 0.29) is 32.6 Å². The van der Waals surface area contributed by atoms with Crippen molar-refractivity contribution in [1.82, 2.24) is 5.32 Å². The van der Waals surface area contributed by atoms with Gasteiger partial charge in [-0.15, -0.1) is 5.10 Å². The number of aliphatic carboxylic acids is 1. The van der Waals surface area contributed by atoms with E-state index in [4.69, 9.17) is 5.11 Å². The third-order valence-corrected chi connectivity index (χ3v) is 6.19. The molecule has 2 aromatic carbocycles. The molecule has 0 bridgehead atoms. The minimum absolute atomic E-state index is 0.0914. The molecule has 1 unspecified atom stereocenters. The van der Waals surface area contributed by atoms with Crippen molar-refractivity contribution in [3.05, 3.63) is 63.7 Å². The van der Waals surface area contributed by atoms with Crippen LogP contribution < -0.4 is 5.32 Å². The summed E-state index contributed by atoms with van der Waals surface area (Å²) >= 11 is 1.72. The second-order valence-corrected chi connectivity index (χ2v) is 8.76. The number of halogens is 3. The molecule has 1 atom stereocenters. The number of nitro benzene ring substituents is 1. The lowest BCUT2D eigenvalue weighted by atomic mass is 10.2. The number of alkyl halides is 3. The number of carbonyl (C=O) groups excluding carboxylic acids is 1. The topological polar surface area (TPSA) is 134 Å². The van der Waals surface area contributed by atoms with Crippen LogP contribution in [0.2, 0.25) is 0 Å². The van der Waals surface area contributed by atoms with Gasteiger partial charge in [-0.3, -0.25) is 19.7 Å². The molecule has 2 N–H and O–H groups in total. The first kappa shape index (κ1) is 24.3. The highest BCUT2D eigenvalue weighted by Gasteiger charge is 2.32. The maximum Gasteiger partial charge on any atom is 0.416 e. The lowest BCUT2D eigenvalue weighted by Gasteiger charge is -2.09. The molecule has 33 heavy (non-hydrogen) atoms. The highest BCUT2D eigenvalue weighted by atomic mass is 32.2. The van der Waals surface area contributed by atoms with Crippen LogP contribution in [-0.2, 0) is 15.8 Å². The average Bonchev–Trinajstić information content (AvgIpc) is 3.07. The Kier molecular flexibility index (Phi) is 7.38. The molecule has 3 rings (SSSR count). The summed E-state index contributed by atoms with van der Waals surface area (Å²) in [4.78, 5) is 33.5. The van der Waals surface area contributed by atoms with Crippen LogP contribution >= 0.6 is 23.5 Å². The first-order chi connectivity index (χ1) is 15.5. The highest BCUT2D eigenvalue weighted by Crippen LogP contribution is 2.38. The van der Waals surface area contributed by atoms with Gasteiger partial charge >= 0.3 is 12.1 Å². The first-order valence-corrected chi connectivity index (χ1v) is 10.7. The standard InChI is InChI=1S/C19H13F3N4O5S2/c20-19(21,22)11-2-1-3-12(7-11)32-14-5-4-10(6-13(14)26(30)31)9-23-25-18-24-17(29)15(33-18)8-16(27)28/h1-7,9,15H,8H2,(H,27,28)(H,24,25,29). The zero-order chi connectivity index (χ0) is 24.2. The summed E-state index contributed by atoms with van der Waals surface area (Å²) in [5, 5.41) is 29.4. The molecule has 0 radical (unpaired) electrons. The van der Waals surface area contributed by atoms with Gasteiger partial charge in [0.2, 0.25) is 5.91 Å². The van der Waals surface area contributed by atoms with Crippen molar-refractivity contribution in [3.63, 3.8) is 0 Å². The van der Waals surface area contributed by atoms with Gasteiger partial charge in [-0.25, -0.2) is 0 Å². The van der Waals surface area contributed by atoms with Gasteiger partial charge in [-0.05, 0) is 24.3 Å². The molecule has 1 fully saturated rings. The molecule has 2 aromatic rings. The molecule has 14 heteroatoms. The summed E-state index contributed by atoms with van der Waals surface area (Å²) in [5.74, 6) is -1.65. The molecule has 172 valence electrons. The molecule has 0 aromatic heterocycles. The van der Waals surface area contributed by atoms with Crippen molar-refractivity contribution in [2.24, 2.45) is 10.2 Å². The zero-order valence-corrected chi connectivity index (χ0v) is 17.9. The summed E-state index contributed by atoms with van der Waals surface area (Å²) in [7, 11) is 0. The molecular formula is C19H13F3N4O5S2. The van der Waals surface area contributed by atoms with Crippen LogP contribution in [-0.4, -0.2) is 38.5 Å². The fourth-order valence-corrected chi connectivity index (χ4v) is 4.48. The van der Waals surface area contributed by atoms with Gasteiger partial charge < -0.3 is 10.4 Å². The number of carboxylic acids is 1. The molecule has 1 heterocycles. The number of amidine groups is 1. The summed E-state index contributed by atoms with van der Waals surface area (Å²) < 4.78 is 38.7. The monoisotopic (exact) mass is 498 g/mol. The normalized spacial score (nSPS) is 17.5. The van der Waals surface area contributed by atoms with Crippen molar-refractivity contribution in [2.45, 2.75) is 27.6 Å². The lowest BCUT2D eigenvalue weighted by molar-refractivity contribution is -0.387. The molecule has 0 spiro atoms. The Morgan fingerprint density at radius 2 is 2.06 bits per heavy atom. The summed E-state index contributed by atoms with van der Waals surface area (Å²) in [6.45, 7) is 0. The number of hydrogen-bond donors (Lipinski definition) is 2. The number of benzene rings is 2. The van der Waals surface area contributed by atoms with E-state index in [1.54, 1.807) is 0 Å². The Labute approximate surface area is 192 Å². The van der Waals surface area contributed by atoms with Gasteiger partial charge in [0.05, 0.1) is 28.0 Å². The Morgan fingerprint density at radius 1 is 1.30 bits per heavy atom. The average molecular weight is 498 g/mol. The summed E-state index contributed by atoms with van der Waals surface area (Å²) in [6.07, 6.45) is -3.72. The van der Waals surface area contributed by atoms with E-state index in [0.717, 1.165) is 35.7 Å². The van der Waals surface area contributed by atoms with E-state index in [1.807, 2.05) is 0 Å². The van der Waals surface area contributed by atoms with Gasteiger partial charge in [0.1, 0.15) is 5.25 Å². The molecule has 1 aliphatic heterocycles. The number of nitro groups is 1. The van der Waals surface area contributed by atoms with Crippen molar-refractivity contribution in [3.8, 4) is 0 Å². The number of carboxylic acid groups (broad SMARTS) is 1. The van der Waals surface area contributed by atoms with E-state index >= 15 is 0 Å². The molecule has 0 saturated carbocycles. The fourth-order valence-electron chi connectivity index (χ4n) is 2.60. The second kappa shape index (κ2) is 10.0. The Morgan fingerprint density at radius 3 is 2.73 bits per heavy atom. The van der Waals surface area contributed by atoms with Crippen LogP contribution in [0.5, 0.6) is 0 Å². The SMILES string of the molecule is O=C(O)CC1SC(=NN=Cc2ccc(Sc3cccc(C(F)(F)F)c3)c([N+](=O)[O-])c2)NC1=O. The second-order valence-electron chi connectivity index (χ2n) is 6.46. The maximum atomic E-state index is 12.9. The smallest absolute Gasteiger partial charge is 0.416 e. The molecule has 1 aliphatic rings. The maximum absolute atomic E-state index is 12.9. The van der Waals surface area contributed by atoms with Gasteiger partial charge in [-0.2, -0.15) is 18.3 Å². The number of amides is 1. The van der Waals surface area contributed by atoms with Crippen molar-refractivity contribution in [2.75, 3.05) is 0 Å².